The van der Waals surface area contributed by atoms with Gasteiger partial charge in [-0.05, 0) is 28.8 Å². The maximum atomic E-state index is 5.18. The second kappa shape index (κ2) is 9.43. The second-order valence-corrected chi connectivity index (χ2v) is 6.18. The molecule has 0 amide bonds. The highest BCUT2D eigenvalue weighted by Crippen LogP contribution is 2.11. The molecule has 0 radical (unpaired) electrons. The van der Waals surface area contributed by atoms with Crippen molar-refractivity contribution in [3.63, 3.8) is 0 Å². The molecule has 0 spiro atoms. The Morgan fingerprint density at radius 2 is 1.56 bits per heavy atom. The summed E-state index contributed by atoms with van der Waals surface area (Å²) in [5, 5.41) is 6.66. The molecule has 1 heterocycles. The maximum absolute atomic E-state index is 5.18. The summed E-state index contributed by atoms with van der Waals surface area (Å²) in [6.45, 7) is 2.25. The van der Waals surface area contributed by atoms with E-state index < -0.39 is 0 Å². The molecule has 140 valence electrons. The molecule has 2 N–H and O–H groups in total. The molecule has 0 saturated heterocycles. The minimum absolute atomic E-state index is 0.702. The van der Waals surface area contributed by atoms with Crippen molar-refractivity contribution >= 4 is 5.96 Å². The summed E-state index contributed by atoms with van der Waals surface area (Å²) in [6.07, 6.45) is 5.59. The second-order valence-electron chi connectivity index (χ2n) is 6.18. The van der Waals surface area contributed by atoms with Crippen LogP contribution in [0.15, 0.2) is 72.2 Å². The Morgan fingerprint density at radius 1 is 0.963 bits per heavy atom. The molecule has 0 saturated carbocycles. The highest BCUT2D eigenvalue weighted by Gasteiger charge is 2.01. The molecule has 27 heavy (non-hydrogen) atoms. The average molecular weight is 363 g/mol. The number of aliphatic imine (C=N–C) groups is 1. The first-order valence-electron chi connectivity index (χ1n) is 8.88. The molecule has 3 aromatic rings. The minimum Gasteiger partial charge on any atom is -0.497 e. The van der Waals surface area contributed by atoms with E-state index in [-0.39, 0.29) is 0 Å². The molecule has 6 nitrogen and oxygen atoms in total. The molecule has 0 aliphatic rings. The Bertz CT molecular complexity index is 839. The number of ether oxygens (including phenoxy) is 1. The summed E-state index contributed by atoms with van der Waals surface area (Å²) in [5.74, 6) is 1.63. The first-order valence-corrected chi connectivity index (χ1v) is 8.88. The van der Waals surface area contributed by atoms with Gasteiger partial charge < -0.3 is 19.9 Å². The number of nitrogens with one attached hydrogen (secondary N) is 2. The van der Waals surface area contributed by atoms with Crippen molar-refractivity contribution in [2.24, 2.45) is 4.99 Å². The Morgan fingerprint density at radius 3 is 2.07 bits per heavy atom. The third-order valence-electron chi connectivity index (χ3n) is 4.25. The number of benzene rings is 2. The quantitative estimate of drug-likeness (QED) is 0.500. The van der Waals surface area contributed by atoms with E-state index in [2.05, 4.69) is 49.4 Å². The van der Waals surface area contributed by atoms with Crippen LogP contribution in [0.4, 0.5) is 0 Å². The van der Waals surface area contributed by atoms with Gasteiger partial charge in [-0.25, -0.2) is 4.98 Å². The van der Waals surface area contributed by atoms with Crippen molar-refractivity contribution in [1.29, 1.82) is 0 Å². The number of nitrogens with zero attached hydrogens (tertiary/aromatic N) is 3. The number of hydrogen-bond donors (Lipinski definition) is 2. The largest absolute Gasteiger partial charge is 0.497 e. The zero-order valence-electron chi connectivity index (χ0n) is 15.7. The average Bonchev–Trinajstić information content (AvgIpc) is 3.23. The van der Waals surface area contributed by atoms with Gasteiger partial charge in [0.1, 0.15) is 5.75 Å². The lowest BCUT2D eigenvalue weighted by Gasteiger charge is -2.12. The summed E-state index contributed by atoms with van der Waals surface area (Å²) in [4.78, 5) is 8.35. The molecule has 6 heteroatoms. The van der Waals surface area contributed by atoms with E-state index in [1.54, 1.807) is 20.4 Å². The topological polar surface area (TPSA) is 63.5 Å². The van der Waals surface area contributed by atoms with Crippen molar-refractivity contribution in [3.05, 3.63) is 83.9 Å². The molecular formula is C21H25N5O. The fourth-order valence-corrected chi connectivity index (χ4v) is 2.69. The van der Waals surface area contributed by atoms with Crippen LogP contribution >= 0.6 is 0 Å². The van der Waals surface area contributed by atoms with E-state index in [0.717, 1.165) is 18.3 Å². The summed E-state index contributed by atoms with van der Waals surface area (Å²) < 4.78 is 7.23. The molecule has 0 fully saturated rings. The van der Waals surface area contributed by atoms with Crippen LogP contribution in [0.1, 0.15) is 16.7 Å². The zero-order valence-corrected chi connectivity index (χ0v) is 15.7. The Labute approximate surface area is 159 Å². The lowest BCUT2D eigenvalue weighted by atomic mass is 10.1. The van der Waals surface area contributed by atoms with Crippen molar-refractivity contribution < 1.29 is 4.74 Å². The van der Waals surface area contributed by atoms with Gasteiger partial charge in [0.15, 0.2) is 5.96 Å². The Kier molecular flexibility index (Phi) is 6.46. The number of rotatable bonds is 7. The van der Waals surface area contributed by atoms with Crippen LogP contribution in [-0.4, -0.2) is 29.7 Å². The summed E-state index contributed by atoms with van der Waals surface area (Å²) in [6, 6.07) is 16.6. The van der Waals surface area contributed by atoms with E-state index in [9.17, 15) is 0 Å². The standard InChI is InChI=1S/C21H25N5O/c1-22-21(25-14-18-7-9-20(27-2)10-8-18)24-13-17-3-5-19(6-4-17)15-26-12-11-23-16-26/h3-12,16H,13-15H2,1-2H3,(H2,22,24,25). The highest BCUT2D eigenvalue weighted by atomic mass is 16.5. The number of aromatic nitrogens is 2. The SMILES string of the molecule is CN=C(NCc1ccc(Cn2ccnc2)cc1)NCc1ccc(OC)cc1. The molecule has 0 aliphatic carbocycles. The van der Waals surface area contributed by atoms with E-state index in [1.807, 2.05) is 36.8 Å². The van der Waals surface area contributed by atoms with E-state index in [1.165, 1.54) is 16.7 Å². The van der Waals surface area contributed by atoms with Gasteiger partial charge >= 0.3 is 0 Å². The molecule has 0 unspecified atom stereocenters. The van der Waals surface area contributed by atoms with Gasteiger partial charge in [-0.3, -0.25) is 4.99 Å². The number of imidazole rings is 1. The van der Waals surface area contributed by atoms with Gasteiger partial charge in [-0.2, -0.15) is 0 Å². The van der Waals surface area contributed by atoms with E-state index >= 15 is 0 Å². The number of guanidine groups is 1. The lowest BCUT2D eigenvalue weighted by molar-refractivity contribution is 0.414. The van der Waals surface area contributed by atoms with Gasteiger partial charge in [-0.1, -0.05) is 36.4 Å². The molecular weight excluding hydrogens is 338 g/mol. The third-order valence-corrected chi connectivity index (χ3v) is 4.25. The minimum atomic E-state index is 0.702. The molecule has 3 rings (SSSR count). The van der Waals surface area contributed by atoms with Crippen molar-refractivity contribution in [2.75, 3.05) is 14.2 Å². The molecule has 0 aliphatic heterocycles. The number of hydrogen-bond acceptors (Lipinski definition) is 3. The first kappa shape index (κ1) is 18.5. The predicted molar refractivity (Wildman–Crippen MR) is 108 cm³/mol. The van der Waals surface area contributed by atoms with Crippen LogP contribution in [0, 0.1) is 0 Å². The smallest absolute Gasteiger partial charge is 0.191 e. The summed E-state index contributed by atoms with van der Waals surface area (Å²) in [5.41, 5.74) is 3.62. The fraction of sp³-hybridized carbons (Fsp3) is 0.238. The van der Waals surface area contributed by atoms with Crippen molar-refractivity contribution in [3.8, 4) is 5.75 Å². The monoisotopic (exact) mass is 363 g/mol. The molecule has 2 aromatic carbocycles. The fourth-order valence-electron chi connectivity index (χ4n) is 2.69. The Hall–Kier alpha value is -3.28. The summed E-state index contributed by atoms with van der Waals surface area (Å²) in [7, 11) is 3.45. The lowest BCUT2D eigenvalue weighted by Crippen LogP contribution is -2.36. The van der Waals surface area contributed by atoms with Crippen LogP contribution in [0.2, 0.25) is 0 Å². The molecule has 0 atom stereocenters. The van der Waals surface area contributed by atoms with Crippen LogP contribution in [0.3, 0.4) is 0 Å². The normalized spacial score (nSPS) is 11.3. The Balaban J connectivity index is 1.47. The van der Waals surface area contributed by atoms with Gasteiger partial charge in [0.2, 0.25) is 0 Å². The first-order chi connectivity index (χ1) is 13.3. The highest BCUT2D eigenvalue weighted by molar-refractivity contribution is 5.79. The molecule has 0 bridgehead atoms. The van der Waals surface area contributed by atoms with Crippen LogP contribution in [0.25, 0.3) is 0 Å². The van der Waals surface area contributed by atoms with Gasteiger partial charge in [0, 0.05) is 39.1 Å². The van der Waals surface area contributed by atoms with Crippen LogP contribution < -0.4 is 15.4 Å². The van der Waals surface area contributed by atoms with Crippen molar-refractivity contribution in [2.45, 2.75) is 19.6 Å². The van der Waals surface area contributed by atoms with Crippen molar-refractivity contribution in [1.82, 2.24) is 20.2 Å². The zero-order chi connectivity index (χ0) is 18.9. The van der Waals surface area contributed by atoms with Gasteiger partial charge in [-0.15, -0.1) is 0 Å². The maximum Gasteiger partial charge on any atom is 0.191 e. The van der Waals surface area contributed by atoms with E-state index in [4.69, 9.17) is 4.74 Å². The van der Waals surface area contributed by atoms with E-state index in [0.29, 0.717) is 13.1 Å². The van der Waals surface area contributed by atoms with Crippen LogP contribution in [-0.2, 0) is 19.6 Å². The number of methoxy groups -OCH3 is 1. The van der Waals surface area contributed by atoms with Gasteiger partial charge in [0.25, 0.3) is 0 Å². The molecule has 1 aromatic heterocycles. The van der Waals surface area contributed by atoms with Crippen LogP contribution in [0.5, 0.6) is 5.75 Å². The summed E-state index contributed by atoms with van der Waals surface area (Å²) >= 11 is 0. The van der Waals surface area contributed by atoms with Gasteiger partial charge in [0.05, 0.1) is 13.4 Å². The third kappa shape index (κ3) is 5.60. The predicted octanol–water partition coefficient (Wildman–Crippen LogP) is 2.81.